The van der Waals surface area contributed by atoms with E-state index in [9.17, 15) is 9.18 Å². The lowest BCUT2D eigenvalue weighted by Crippen LogP contribution is -2.20. The smallest absolute Gasteiger partial charge is 0.323 e. The maximum Gasteiger partial charge on any atom is 0.323 e. The second-order valence-corrected chi connectivity index (χ2v) is 4.69. The molecule has 2 amide bonds. The van der Waals surface area contributed by atoms with Gasteiger partial charge < -0.3 is 15.7 Å². The summed E-state index contributed by atoms with van der Waals surface area (Å²) in [5.74, 6) is -0.966. The van der Waals surface area contributed by atoms with Gasteiger partial charge in [0.15, 0.2) is 0 Å². The van der Waals surface area contributed by atoms with Crippen LogP contribution in [-0.2, 0) is 0 Å². The molecule has 3 N–H and O–H groups in total. The summed E-state index contributed by atoms with van der Waals surface area (Å²) < 4.78 is 13.4. The second-order valence-electron chi connectivity index (χ2n) is 3.87. The van der Waals surface area contributed by atoms with Crippen LogP contribution in [0.3, 0.4) is 0 Å². The Balaban J connectivity index is 2.07. The molecule has 0 aromatic heterocycles. The van der Waals surface area contributed by atoms with Crippen LogP contribution in [-0.4, -0.2) is 11.1 Å². The van der Waals surface area contributed by atoms with E-state index in [0.717, 1.165) is 6.07 Å². The number of phenols is 1. The van der Waals surface area contributed by atoms with Gasteiger partial charge in [0.2, 0.25) is 0 Å². The van der Waals surface area contributed by atoms with Crippen LogP contribution in [0.15, 0.2) is 36.4 Å². The van der Waals surface area contributed by atoms with Crippen LogP contribution in [0, 0.1) is 5.82 Å². The molecule has 0 atom stereocenters. The van der Waals surface area contributed by atoms with Crippen molar-refractivity contribution in [1.82, 2.24) is 0 Å². The molecule has 7 heteroatoms. The number of nitrogens with one attached hydrogen (secondary N) is 2. The van der Waals surface area contributed by atoms with E-state index in [4.69, 9.17) is 28.3 Å². The van der Waals surface area contributed by atoms with Crippen molar-refractivity contribution in [3.63, 3.8) is 0 Å². The average Bonchev–Trinajstić information content (AvgIpc) is 2.37. The van der Waals surface area contributed by atoms with Gasteiger partial charge in [0.25, 0.3) is 0 Å². The van der Waals surface area contributed by atoms with Gasteiger partial charge in [-0.3, -0.25) is 0 Å². The van der Waals surface area contributed by atoms with Crippen LogP contribution >= 0.6 is 23.2 Å². The van der Waals surface area contributed by atoms with Crippen LogP contribution in [0.1, 0.15) is 0 Å². The Morgan fingerprint density at radius 2 is 1.80 bits per heavy atom. The van der Waals surface area contributed by atoms with E-state index in [0.29, 0.717) is 15.7 Å². The van der Waals surface area contributed by atoms with Crippen molar-refractivity contribution < 1.29 is 14.3 Å². The summed E-state index contributed by atoms with van der Waals surface area (Å²) in [4.78, 5) is 11.7. The highest BCUT2D eigenvalue weighted by atomic mass is 35.5. The SMILES string of the molecule is O=C(Nc1ccc(Cl)c(Cl)c1)Nc1ccc(O)cc1F. The van der Waals surface area contributed by atoms with Gasteiger partial charge in [0.05, 0.1) is 15.7 Å². The van der Waals surface area contributed by atoms with Gasteiger partial charge in [0, 0.05) is 11.8 Å². The number of halogens is 3. The number of anilines is 2. The summed E-state index contributed by atoms with van der Waals surface area (Å²) in [6.07, 6.45) is 0. The zero-order chi connectivity index (χ0) is 14.7. The Bertz CT molecular complexity index is 665. The predicted molar refractivity (Wildman–Crippen MR) is 77.2 cm³/mol. The number of aromatic hydroxyl groups is 1. The molecule has 0 unspecified atom stereocenters. The molecule has 0 aliphatic rings. The maximum atomic E-state index is 13.4. The molecule has 0 aliphatic carbocycles. The molecule has 0 saturated heterocycles. The third kappa shape index (κ3) is 3.53. The van der Waals surface area contributed by atoms with E-state index in [-0.39, 0.29) is 11.4 Å². The molecular formula is C13H9Cl2FN2O2. The third-order valence-corrected chi connectivity index (χ3v) is 3.12. The molecule has 0 spiro atoms. The highest BCUT2D eigenvalue weighted by molar-refractivity contribution is 6.42. The standard InChI is InChI=1S/C13H9Cl2FN2O2/c14-9-3-1-7(5-10(9)15)17-13(20)18-12-4-2-8(19)6-11(12)16/h1-6,19H,(H2,17,18,20). The molecule has 0 aliphatic heterocycles. The van der Waals surface area contributed by atoms with Gasteiger partial charge in [-0.15, -0.1) is 0 Å². The monoisotopic (exact) mass is 314 g/mol. The fourth-order valence-corrected chi connectivity index (χ4v) is 1.76. The number of carbonyl (C=O) groups excluding carboxylic acids is 1. The van der Waals surface area contributed by atoms with Crippen LogP contribution in [0.25, 0.3) is 0 Å². The molecule has 2 rings (SSSR count). The van der Waals surface area contributed by atoms with Gasteiger partial charge in [-0.25, -0.2) is 9.18 Å². The largest absolute Gasteiger partial charge is 0.508 e. The van der Waals surface area contributed by atoms with E-state index >= 15 is 0 Å². The first-order valence-electron chi connectivity index (χ1n) is 5.47. The first kappa shape index (κ1) is 14.4. The Hall–Kier alpha value is -1.98. The normalized spacial score (nSPS) is 10.2. The van der Waals surface area contributed by atoms with E-state index < -0.39 is 11.8 Å². The lowest BCUT2D eigenvalue weighted by Gasteiger charge is -2.09. The minimum Gasteiger partial charge on any atom is -0.508 e. The van der Waals surface area contributed by atoms with Gasteiger partial charge in [-0.05, 0) is 30.3 Å². The molecule has 2 aromatic carbocycles. The van der Waals surface area contributed by atoms with Crippen molar-refractivity contribution in [1.29, 1.82) is 0 Å². The highest BCUT2D eigenvalue weighted by Gasteiger charge is 2.08. The van der Waals surface area contributed by atoms with Crippen LogP contribution in [0.5, 0.6) is 5.75 Å². The first-order valence-corrected chi connectivity index (χ1v) is 6.23. The summed E-state index contributed by atoms with van der Waals surface area (Å²) in [5, 5.41) is 14.5. The number of rotatable bonds is 2. The number of phenolic OH excluding ortho intramolecular Hbond substituents is 1. The van der Waals surface area contributed by atoms with Crippen LogP contribution in [0.2, 0.25) is 10.0 Å². The Labute approximate surface area is 124 Å². The minimum atomic E-state index is -0.741. The lowest BCUT2D eigenvalue weighted by atomic mass is 10.3. The van der Waals surface area contributed by atoms with Crippen molar-refractivity contribution >= 4 is 40.6 Å². The van der Waals surface area contributed by atoms with Crippen molar-refractivity contribution in [3.8, 4) is 5.75 Å². The lowest BCUT2D eigenvalue weighted by molar-refractivity contribution is 0.262. The Morgan fingerprint density at radius 3 is 2.45 bits per heavy atom. The summed E-state index contributed by atoms with van der Waals surface area (Å²) in [5.41, 5.74) is 0.358. The topological polar surface area (TPSA) is 61.4 Å². The highest BCUT2D eigenvalue weighted by Crippen LogP contribution is 2.25. The number of carbonyl (C=O) groups is 1. The zero-order valence-electron chi connectivity index (χ0n) is 9.95. The van der Waals surface area contributed by atoms with Crippen molar-refractivity contribution in [3.05, 3.63) is 52.3 Å². The van der Waals surface area contributed by atoms with E-state index in [2.05, 4.69) is 10.6 Å². The van der Waals surface area contributed by atoms with E-state index in [1.165, 1.54) is 24.3 Å². The third-order valence-electron chi connectivity index (χ3n) is 2.38. The van der Waals surface area contributed by atoms with Crippen molar-refractivity contribution in [2.75, 3.05) is 10.6 Å². The number of benzene rings is 2. The van der Waals surface area contributed by atoms with Crippen molar-refractivity contribution in [2.45, 2.75) is 0 Å². The number of urea groups is 1. The van der Waals surface area contributed by atoms with E-state index in [1.54, 1.807) is 6.07 Å². The molecule has 2 aromatic rings. The molecule has 0 heterocycles. The van der Waals surface area contributed by atoms with Crippen LogP contribution in [0.4, 0.5) is 20.6 Å². The van der Waals surface area contributed by atoms with Gasteiger partial charge in [-0.1, -0.05) is 23.2 Å². The predicted octanol–water partition coefficient (Wildman–Crippen LogP) is 4.48. The Morgan fingerprint density at radius 1 is 1.05 bits per heavy atom. The molecule has 104 valence electrons. The number of hydrogen-bond donors (Lipinski definition) is 3. The van der Waals surface area contributed by atoms with Gasteiger partial charge in [0.1, 0.15) is 11.6 Å². The summed E-state index contributed by atoms with van der Waals surface area (Å²) in [6, 6.07) is 7.32. The number of amides is 2. The minimum absolute atomic E-state index is 0.0552. The summed E-state index contributed by atoms with van der Waals surface area (Å²) in [6.45, 7) is 0. The van der Waals surface area contributed by atoms with E-state index in [1.807, 2.05) is 0 Å². The maximum absolute atomic E-state index is 13.4. The average molecular weight is 315 g/mol. The molecule has 0 radical (unpaired) electrons. The summed E-state index contributed by atoms with van der Waals surface area (Å²) >= 11 is 11.6. The van der Waals surface area contributed by atoms with Crippen LogP contribution < -0.4 is 10.6 Å². The molecular weight excluding hydrogens is 306 g/mol. The van der Waals surface area contributed by atoms with Gasteiger partial charge >= 0.3 is 6.03 Å². The van der Waals surface area contributed by atoms with Gasteiger partial charge in [-0.2, -0.15) is 0 Å². The fourth-order valence-electron chi connectivity index (χ4n) is 1.46. The zero-order valence-corrected chi connectivity index (χ0v) is 11.5. The quantitative estimate of drug-likeness (QED) is 0.715. The molecule has 0 fully saturated rings. The fraction of sp³-hybridized carbons (Fsp3) is 0. The number of hydrogen-bond acceptors (Lipinski definition) is 2. The summed E-state index contributed by atoms with van der Waals surface area (Å²) in [7, 11) is 0. The first-order chi connectivity index (χ1) is 9.45. The second kappa shape index (κ2) is 5.98. The molecule has 0 bridgehead atoms. The Kier molecular flexibility index (Phi) is 4.32. The molecule has 20 heavy (non-hydrogen) atoms. The van der Waals surface area contributed by atoms with Crippen molar-refractivity contribution in [2.24, 2.45) is 0 Å². The molecule has 0 saturated carbocycles. The molecule has 4 nitrogen and oxygen atoms in total.